The number of aromatic nitrogens is 1. The van der Waals surface area contributed by atoms with Crippen LogP contribution < -0.4 is 4.80 Å². The Kier molecular flexibility index (Phi) is 4.70. The van der Waals surface area contributed by atoms with Crippen LogP contribution in [0, 0.1) is 12.3 Å². The smallest absolute Gasteiger partial charge is 0.285 e. The van der Waals surface area contributed by atoms with E-state index < -0.39 is 10.0 Å². The van der Waals surface area contributed by atoms with Gasteiger partial charge in [-0.05, 0) is 24.3 Å². The number of fused-ring (bicyclic) bond motifs is 1. The zero-order valence-electron chi connectivity index (χ0n) is 12.1. The monoisotopic (exact) mass is 396 g/mol. The second-order valence-electron chi connectivity index (χ2n) is 4.76. The first-order valence-electron chi connectivity index (χ1n) is 6.71. The number of benzene rings is 2. The van der Waals surface area contributed by atoms with Gasteiger partial charge < -0.3 is 4.57 Å². The molecule has 0 spiro atoms. The SMILES string of the molecule is C#CCn1c(=NS(=O)(=O)c2ccccc2)sc2c(Cl)ccc(Cl)c21. The first kappa shape index (κ1) is 17.1. The van der Waals surface area contributed by atoms with Crippen LogP contribution in [0.4, 0.5) is 0 Å². The minimum atomic E-state index is -3.87. The number of hydrogen-bond donors (Lipinski definition) is 0. The number of sulfonamides is 1. The summed E-state index contributed by atoms with van der Waals surface area (Å²) in [6.07, 6.45) is 5.41. The van der Waals surface area contributed by atoms with E-state index in [0.29, 0.717) is 20.3 Å². The highest BCUT2D eigenvalue weighted by molar-refractivity contribution is 7.90. The Bertz CT molecular complexity index is 1120. The van der Waals surface area contributed by atoms with Crippen molar-refractivity contribution in [2.45, 2.75) is 11.4 Å². The highest BCUT2D eigenvalue weighted by atomic mass is 35.5. The van der Waals surface area contributed by atoms with Crippen LogP contribution in [0.25, 0.3) is 10.2 Å². The van der Waals surface area contributed by atoms with E-state index in [1.165, 1.54) is 12.1 Å². The van der Waals surface area contributed by atoms with Crippen molar-refractivity contribution in [2.24, 2.45) is 4.40 Å². The highest BCUT2D eigenvalue weighted by Gasteiger charge is 2.16. The van der Waals surface area contributed by atoms with E-state index in [0.717, 1.165) is 11.3 Å². The van der Waals surface area contributed by atoms with Gasteiger partial charge in [0.2, 0.25) is 4.80 Å². The molecule has 4 nitrogen and oxygen atoms in total. The molecule has 0 radical (unpaired) electrons. The molecule has 0 N–H and O–H groups in total. The van der Waals surface area contributed by atoms with Crippen molar-refractivity contribution < 1.29 is 8.42 Å². The van der Waals surface area contributed by atoms with E-state index in [4.69, 9.17) is 29.6 Å². The van der Waals surface area contributed by atoms with Gasteiger partial charge in [0.15, 0.2) is 0 Å². The lowest BCUT2D eigenvalue weighted by Crippen LogP contribution is -2.16. The molecule has 0 unspecified atom stereocenters. The molecule has 3 rings (SSSR count). The molecule has 0 fully saturated rings. The Morgan fingerprint density at radius 1 is 1.12 bits per heavy atom. The summed E-state index contributed by atoms with van der Waals surface area (Å²) >= 11 is 13.6. The van der Waals surface area contributed by atoms with E-state index in [9.17, 15) is 8.42 Å². The Labute approximate surface area is 153 Å². The summed E-state index contributed by atoms with van der Waals surface area (Å²) in [5, 5.41) is 0.892. The highest BCUT2D eigenvalue weighted by Crippen LogP contribution is 2.32. The molecule has 1 aromatic heterocycles. The van der Waals surface area contributed by atoms with Gasteiger partial charge in [-0.1, -0.05) is 58.7 Å². The normalized spacial score (nSPS) is 12.5. The second kappa shape index (κ2) is 6.61. The van der Waals surface area contributed by atoms with Crippen molar-refractivity contribution in [3.8, 4) is 12.3 Å². The molecule has 0 bridgehead atoms. The average Bonchev–Trinajstić information content (AvgIpc) is 2.91. The van der Waals surface area contributed by atoms with E-state index in [2.05, 4.69) is 10.3 Å². The van der Waals surface area contributed by atoms with Gasteiger partial charge in [0.05, 0.1) is 31.7 Å². The zero-order valence-corrected chi connectivity index (χ0v) is 15.3. The van der Waals surface area contributed by atoms with Gasteiger partial charge in [-0.15, -0.1) is 10.8 Å². The molecule has 3 aromatic rings. The predicted octanol–water partition coefficient (Wildman–Crippen LogP) is 3.93. The van der Waals surface area contributed by atoms with Gasteiger partial charge in [-0.3, -0.25) is 0 Å². The molecule has 0 aliphatic carbocycles. The topological polar surface area (TPSA) is 51.4 Å². The van der Waals surface area contributed by atoms with Gasteiger partial charge >= 0.3 is 0 Å². The van der Waals surface area contributed by atoms with Crippen LogP contribution in [0.5, 0.6) is 0 Å². The molecule has 0 aliphatic rings. The van der Waals surface area contributed by atoms with E-state index in [1.54, 1.807) is 34.9 Å². The van der Waals surface area contributed by atoms with Crippen LogP contribution in [0.2, 0.25) is 10.0 Å². The van der Waals surface area contributed by atoms with Crippen LogP contribution in [0.1, 0.15) is 0 Å². The van der Waals surface area contributed by atoms with Crippen LogP contribution in [-0.2, 0) is 16.6 Å². The largest absolute Gasteiger partial charge is 0.303 e. The van der Waals surface area contributed by atoms with Gasteiger partial charge in [-0.25, -0.2) is 0 Å². The predicted molar refractivity (Wildman–Crippen MR) is 97.9 cm³/mol. The molecule has 2 aromatic carbocycles. The lowest BCUT2D eigenvalue weighted by atomic mass is 10.3. The third kappa shape index (κ3) is 3.08. The van der Waals surface area contributed by atoms with Gasteiger partial charge in [0.1, 0.15) is 0 Å². The van der Waals surface area contributed by atoms with Gasteiger partial charge in [0.25, 0.3) is 10.0 Å². The van der Waals surface area contributed by atoms with Crippen molar-refractivity contribution in [1.82, 2.24) is 4.57 Å². The molecule has 1 heterocycles. The van der Waals surface area contributed by atoms with Crippen LogP contribution in [0.3, 0.4) is 0 Å². The molecule has 8 heteroatoms. The molecule has 122 valence electrons. The van der Waals surface area contributed by atoms with E-state index in [1.807, 2.05) is 0 Å². The van der Waals surface area contributed by atoms with E-state index >= 15 is 0 Å². The Balaban J connectivity index is 2.35. The minimum absolute atomic E-state index is 0.104. The maximum atomic E-state index is 12.5. The van der Waals surface area contributed by atoms with Gasteiger partial charge in [-0.2, -0.15) is 8.42 Å². The van der Waals surface area contributed by atoms with Crippen molar-refractivity contribution in [3.63, 3.8) is 0 Å². The van der Waals surface area contributed by atoms with Crippen LogP contribution in [-0.4, -0.2) is 13.0 Å². The number of rotatable bonds is 3. The maximum Gasteiger partial charge on any atom is 0.285 e. The number of nitrogens with zero attached hydrogens (tertiary/aromatic N) is 2. The molecular formula is C16H10Cl2N2O2S2. The van der Waals surface area contributed by atoms with Crippen molar-refractivity contribution in [2.75, 3.05) is 0 Å². The summed E-state index contributed by atoms with van der Waals surface area (Å²) < 4.78 is 31.2. The zero-order chi connectivity index (χ0) is 17.3. The summed E-state index contributed by atoms with van der Waals surface area (Å²) in [5.41, 5.74) is 0.578. The van der Waals surface area contributed by atoms with Gasteiger partial charge in [0, 0.05) is 0 Å². The fourth-order valence-electron chi connectivity index (χ4n) is 2.17. The third-order valence-electron chi connectivity index (χ3n) is 3.22. The van der Waals surface area contributed by atoms with Crippen molar-refractivity contribution >= 4 is 54.8 Å². The lowest BCUT2D eigenvalue weighted by Gasteiger charge is -2.03. The Hall–Kier alpha value is -1.78. The van der Waals surface area contributed by atoms with Crippen LogP contribution in [0.15, 0.2) is 51.8 Å². The molecule has 0 aliphatic heterocycles. The fraction of sp³-hybridized carbons (Fsp3) is 0.0625. The average molecular weight is 397 g/mol. The molecule has 0 saturated carbocycles. The summed E-state index contributed by atoms with van der Waals surface area (Å²) in [7, 11) is -3.87. The molecule has 0 amide bonds. The Morgan fingerprint density at radius 2 is 1.79 bits per heavy atom. The third-order valence-corrected chi connectivity index (χ3v) is 6.46. The van der Waals surface area contributed by atoms with Crippen molar-refractivity contribution in [3.05, 3.63) is 57.3 Å². The number of hydrogen-bond acceptors (Lipinski definition) is 3. The van der Waals surface area contributed by atoms with Crippen LogP contribution >= 0.6 is 34.5 Å². The quantitative estimate of drug-likeness (QED) is 0.629. The maximum absolute atomic E-state index is 12.5. The minimum Gasteiger partial charge on any atom is -0.303 e. The lowest BCUT2D eigenvalue weighted by molar-refractivity contribution is 0.596. The Morgan fingerprint density at radius 3 is 2.46 bits per heavy atom. The number of halogens is 2. The fourth-order valence-corrected chi connectivity index (χ4v) is 5.04. The first-order chi connectivity index (χ1) is 11.4. The number of terminal acetylenes is 1. The molecule has 0 saturated heterocycles. The van der Waals surface area contributed by atoms with Crippen molar-refractivity contribution in [1.29, 1.82) is 0 Å². The molecule has 0 atom stereocenters. The summed E-state index contributed by atoms with van der Waals surface area (Å²) in [4.78, 5) is 0.328. The standard InChI is InChI=1S/C16H10Cl2N2O2S2/c1-2-10-20-14-12(17)8-9-13(18)15(14)23-16(20)19-24(21,22)11-6-4-3-5-7-11/h1,3-9H,10H2. The molecule has 24 heavy (non-hydrogen) atoms. The van der Waals surface area contributed by atoms with E-state index in [-0.39, 0.29) is 16.2 Å². The summed E-state index contributed by atoms with van der Waals surface area (Å²) in [6.45, 7) is 0.128. The summed E-state index contributed by atoms with van der Waals surface area (Å²) in [5.74, 6) is 2.49. The first-order valence-corrected chi connectivity index (χ1v) is 9.72. The molecular weight excluding hydrogens is 387 g/mol. The number of thiazole rings is 1. The summed E-state index contributed by atoms with van der Waals surface area (Å²) in [6, 6.07) is 11.3. The second-order valence-corrected chi connectivity index (χ2v) is 8.16.